The Bertz CT molecular complexity index is 390. The van der Waals surface area contributed by atoms with Gasteiger partial charge in [-0.2, -0.15) is 17.5 Å². The third kappa shape index (κ3) is 5.21. The topological polar surface area (TPSA) is 57.7 Å². The van der Waals surface area contributed by atoms with Gasteiger partial charge in [0, 0.05) is 14.1 Å². The Balaban J connectivity index is 5.15. The van der Waals surface area contributed by atoms with E-state index in [9.17, 15) is 26.4 Å². The molecule has 0 spiro atoms. The largest absolute Gasteiger partial charge is 0.402 e. The van der Waals surface area contributed by atoms with E-state index in [1.165, 1.54) is 27.9 Å². The number of amides is 1. The summed E-state index contributed by atoms with van der Waals surface area (Å²) < 4.78 is 60.6. The second-order valence-electron chi connectivity index (χ2n) is 4.27. The van der Waals surface area contributed by atoms with Gasteiger partial charge in [-0.15, -0.1) is 0 Å². The van der Waals surface area contributed by atoms with Crippen molar-refractivity contribution in [3.63, 3.8) is 0 Å². The molecule has 0 aliphatic carbocycles. The lowest BCUT2D eigenvalue weighted by Gasteiger charge is -2.25. The first-order valence-corrected chi connectivity index (χ1v) is 6.64. The molecule has 0 unspecified atom stereocenters. The first-order chi connectivity index (χ1) is 7.88. The lowest BCUT2D eigenvalue weighted by atomic mass is 10.5. The van der Waals surface area contributed by atoms with Crippen LogP contribution in [0.4, 0.5) is 13.2 Å². The van der Waals surface area contributed by atoms with Gasteiger partial charge in [0.25, 0.3) is 0 Å². The van der Waals surface area contributed by atoms with Crippen LogP contribution in [0.15, 0.2) is 0 Å². The second-order valence-corrected chi connectivity index (χ2v) is 6.75. The van der Waals surface area contributed by atoms with Crippen molar-refractivity contribution in [1.82, 2.24) is 9.21 Å². The Hall–Kier alpha value is -0.830. The highest BCUT2D eigenvalue weighted by Gasteiger charge is 2.38. The molecule has 5 nitrogen and oxygen atoms in total. The van der Waals surface area contributed by atoms with E-state index < -0.39 is 40.4 Å². The van der Waals surface area contributed by atoms with Gasteiger partial charge >= 0.3 is 6.18 Å². The molecule has 0 radical (unpaired) electrons. The van der Waals surface area contributed by atoms with Crippen LogP contribution >= 0.6 is 0 Å². The van der Waals surface area contributed by atoms with Crippen molar-refractivity contribution < 1.29 is 26.4 Å². The first kappa shape index (κ1) is 17.2. The summed E-state index contributed by atoms with van der Waals surface area (Å²) in [7, 11) is -1.45. The van der Waals surface area contributed by atoms with E-state index in [-0.39, 0.29) is 4.31 Å². The molecule has 0 aromatic heterocycles. The number of nitrogens with zero attached hydrogens (tertiary/aromatic N) is 2. The van der Waals surface area contributed by atoms with E-state index >= 15 is 0 Å². The predicted molar refractivity (Wildman–Crippen MR) is 60.4 cm³/mol. The summed E-state index contributed by atoms with van der Waals surface area (Å²) in [5, 5.41) is -1.02. The number of rotatable bonds is 5. The van der Waals surface area contributed by atoms with Gasteiger partial charge in [-0.25, -0.2) is 8.42 Å². The molecule has 0 saturated carbocycles. The SMILES string of the molecule is CC(C)S(=O)(=O)N(CC(=O)N(C)C)CC(F)(F)F. The highest BCUT2D eigenvalue weighted by Crippen LogP contribution is 2.20. The standard InChI is InChI=1S/C9H17F3N2O3S/c1-7(2)18(16,17)14(6-9(10,11)12)5-8(15)13(3)4/h7H,5-6H2,1-4H3. The number of hydrogen-bond donors (Lipinski definition) is 0. The second kappa shape index (κ2) is 5.87. The molecule has 0 aliphatic heterocycles. The Morgan fingerprint density at radius 1 is 1.22 bits per heavy atom. The van der Waals surface area contributed by atoms with Crippen LogP contribution in [0.25, 0.3) is 0 Å². The number of carbonyl (C=O) groups excluding carboxylic acids is 1. The summed E-state index contributed by atoms with van der Waals surface area (Å²) in [6, 6.07) is 0. The zero-order valence-corrected chi connectivity index (χ0v) is 11.5. The van der Waals surface area contributed by atoms with Crippen molar-refractivity contribution in [3.8, 4) is 0 Å². The Labute approximate surface area is 105 Å². The molecule has 0 bridgehead atoms. The fraction of sp³-hybridized carbons (Fsp3) is 0.889. The molecule has 0 atom stereocenters. The van der Waals surface area contributed by atoms with Crippen molar-refractivity contribution in [2.75, 3.05) is 27.2 Å². The molecule has 0 fully saturated rings. The minimum Gasteiger partial charge on any atom is -0.348 e. The van der Waals surface area contributed by atoms with Crippen molar-refractivity contribution in [2.45, 2.75) is 25.3 Å². The summed E-state index contributed by atoms with van der Waals surface area (Å²) in [6.07, 6.45) is -4.69. The average Bonchev–Trinajstić information content (AvgIpc) is 2.13. The van der Waals surface area contributed by atoms with Crippen molar-refractivity contribution in [3.05, 3.63) is 0 Å². The van der Waals surface area contributed by atoms with Gasteiger partial charge in [0.05, 0.1) is 11.8 Å². The Morgan fingerprint density at radius 3 is 1.94 bits per heavy atom. The normalized spacial score (nSPS) is 13.2. The lowest BCUT2D eigenvalue weighted by molar-refractivity contribution is -0.141. The molecule has 0 N–H and O–H groups in total. The summed E-state index contributed by atoms with van der Waals surface area (Å²) in [5.74, 6) is -0.705. The van der Waals surface area contributed by atoms with Crippen LogP contribution in [0.1, 0.15) is 13.8 Å². The van der Waals surface area contributed by atoms with Crippen molar-refractivity contribution >= 4 is 15.9 Å². The molecule has 0 saturated heterocycles. The molecule has 0 aromatic carbocycles. The number of carbonyl (C=O) groups is 1. The molecule has 1 amide bonds. The van der Waals surface area contributed by atoms with Crippen LogP contribution in [0.3, 0.4) is 0 Å². The average molecular weight is 290 g/mol. The summed E-state index contributed by atoms with van der Waals surface area (Å²) in [6.45, 7) is 0.0534. The van der Waals surface area contributed by atoms with Crippen LogP contribution in [0, 0.1) is 0 Å². The number of alkyl halides is 3. The lowest BCUT2D eigenvalue weighted by Crippen LogP contribution is -2.47. The molecule has 0 heterocycles. The highest BCUT2D eigenvalue weighted by molar-refractivity contribution is 7.89. The highest BCUT2D eigenvalue weighted by atomic mass is 32.2. The van der Waals surface area contributed by atoms with Gasteiger partial charge in [-0.1, -0.05) is 0 Å². The molecule has 108 valence electrons. The van der Waals surface area contributed by atoms with Gasteiger partial charge < -0.3 is 4.90 Å². The van der Waals surface area contributed by atoms with Crippen LogP contribution in [-0.4, -0.2) is 62.1 Å². The minimum absolute atomic E-state index is 0.167. The van der Waals surface area contributed by atoms with Crippen LogP contribution in [-0.2, 0) is 14.8 Å². The maximum atomic E-state index is 12.3. The fourth-order valence-corrected chi connectivity index (χ4v) is 2.24. The quantitative estimate of drug-likeness (QED) is 0.748. The Kier molecular flexibility index (Phi) is 5.60. The van der Waals surface area contributed by atoms with Crippen molar-refractivity contribution in [2.24, 2.45) is 0 Å². The van der Waals surface area contributed by atoms with Crippen LogP contribution in [0.2, 0.25) is 0 Å². The van der Waals surface area contributed by atoms with E-state index in [4.69, 9.17) is 0 Å². The third-order valence-electron chi connectivity index (χ3n) is 2.12. The van der Waals surface area contributed by atoms with Crippen LogP contribution in [0.5, 0.6) is 0 Å². The molecular weight excluding hydrogens is 273 g/mol. The van der Waals surface area contributed by atoms with Gasteiger partial charge in [-0.3, -0.25) is 4.79 Å². The first-order valence-electron chi connectivity index (χ1n) is 5.13. The molecule has 0 aliphatic rings. The van der Waals surface area contributed by atoms with E-state index in [0.717, 1.165) is 4.90 Å². The van der Waals surface area contributed by atoms with Crippen LogP contribution < -0.4 is 0 Å². The summed E-state index contributed by atoms with van der Waals surface area (Å²) in [4.78, 5) is 12.4. The molecule has 0 rings (SSSR count). The molecule has 0 aromatic rings. The smallest absolute Gasteiger partial charge is 0.348 e. The Morgan fingerprint density at radius 2 is 1.67 bits per heavy atom. The number of halogens is 3. The summed E-state index contributed by atoms with van der Waals surface area (Å²) >= 11 is 0. The molecule has 9 heteroatoms. The zero-order chi connectivity index (χ0) is 14.7. The maximum Gasteiger partial charge on any atom is 0.402 e. The fourth-order valence-electron chi connectivity index (χ4n) is 1.03. The van der Waals surface area contributed by atoms with Gasteiger partial charge in [-0.05, 0) is 13.8 Å². The van der Waals surface area contributed by atoms with E-state index in [2.05, 4.69) is 0 Å². The summed E-state index contributed by atoms with van der Waals surface area (Å²) in [5.41, 5.74) is 0. The van der Waals surface area contributed by atoms with E-state index in [0.29, 0.717) is 0 Å². The van der Waals surface area contributed by atoms with Gasteiger partial charge in [0.2, 0.25) is 15.9 Å². The van der Waals surface area contributed by atoms with Gasteiger partial charge in [0.1, 0.15) is 6.54 Å². The number of sulfonamides is 1. The molecular formula is C9H17F3N2O3S. The maximum absolute atomic E-state index is 12.3. The predicted octanol–water partition coefficient (Wildman–Crippen LogP) is 0.677. The van der Waals surface area contributed by atoms with Gasteiger partial charge in [0.15, 0.2) is 0 Å². The monoisotopic (exact) mass is 290 g/mol. The minimum atomic E-state index is -4.69. The third-order valence-corrected chi connectivity index (χ3v) is 4.29. The number of hydrogen-bond acceptors (Lipinski definition) is 3. The molecule has 18 heavy (non-hydrogen) atoms. The van der Waals surface area contributed by atoms with E-state index in [1.807, 2.05) is 0 Å². The zero-order valence-electron chi connectivity index (χ0n) is 10.7. The number of likely N-dealkylation sites (N-methyl/N-ethyl adjacent to an activating group) is 1. The van der Waals surface area contributed by atoms with E-state index in [1.54, 1.807) is 0 Å². The van der Waals surface area contributed by atoms with Crippen molar-refractivity contribution in [1.29, 1.82) is 0 Å².